The van der Waals surface area contributed by atoms with E-state index in [0.717, 1.165) is 0 Å². The van der Waals surface area contributed by atoms with Crippen molar-refractivity contribution >= 4 is 20.6 Å². The molecule has 4 heteroatoms. The summed E-state index contributed by atoms with van der Waals surface area (Å²) in [5, 5.41) is 1.05. The molecule has 0 saturated heterocycles. The van der Waals surface area contributed by atoms with E-state index in [-0.39, 0.29) is 10.6 Å². The molecular weight excluding hydrogens is 227 g/mol. The molecular formula is C12H11FO2S. The number of hydrogen-bond donors (Lipinski definition) is 0. The Morgan fingerprint density at radius 3 is 2.50 bits per heavy atom. The fourth-order valence-electron chi connectivity index (χ4n) is 1.61. The van der Waals surface area contributed by atoms with Crippen LogP contribution in [0, 0.1) is 5.82 Å². The third kappa shape index (κ3) is 1.69. The summed E-state index contributed by atoms with van der Waals surface area (Å²) in [4.78, 5) is -0.214. The zero-order valence-electron chi connectivity index (χ0n) is 8.77. The summed E-state index contributed by atoms with van der Waals surface area (Å²) in [6.07, 6.45) is 0. The van der Waals surface area contributed by atoms with Crippen LogP contribution in [0.25, 0.3) is 10.8 Å². The summed E-state index contributed by atoms with van der Waals surface area (Å²) < 4.78 is 37.2. The van der Waals surface area contributed by atoms with Gasteiger partial charge in [-0.05, 0) is 11.5 Å². The topological polar surface area (TPSA) is 34.1 Å². The van der Waals surface area contributed by atoms with Gasteiger partial charge >= 0.3 is 0 Å². The molecule has 84 valence electrons. The molecule has 0 atom stereocenters. The first-order valence-electron chi connectivity index (χ1n) is 4.96. The second-order valence-electron chi connectivity index (χ2n) is 3.50. The molecule has 0 aliphatic carbocycles. The van der Waals surface area contributed by atoms with Crippen molar-refractivity contribution in [3.05, 3.63) is 42.2 Å². The average Bonchev–Trinajstić information content (AvgIpc) is 2.29. The molecule has 0 fully saturated rings. The van der Waals surface area contributed by atoms with Crippen molar-refractivity contribution in [2.24, 2.45) is 0 Å². The highest BCUT2D eigenvalue weighted by molar-refractivity contribution is 7.91. The molecule has 0 saturated carbocycles. The van der Waals surface area contributed by atoms with Crippen LogP contribution in [0.3, 0.4) is 0 Å². The van der Waals surface area contributed by atoms with Gasteiger partial charge < -0.3 is 0 Å². The summed E-state index contributed by atoms with van der Waals surface area (Å²) >= 11 is 0. The van der Waals surface area contributed by atoms with Gasteiger partial charge in [0.1, 0.15) is 10.7 Å². The van der Waals surface area contributed by atoms with Gasteiger partial charge in [-0.25, -0.2) is 12.8 Å². The normalized spacial score (nSPS) is 11.9. The molecule has 0 radical (unpaired) electrons. The number of sulfone groups is 1. The Kier molecular flexibility index (Phi) is 2.68. The molecule has 0 unspecified atom stereocenters. The average molecular weight is 238 g/mol. The highest BCUT2D eigenvalue weighted by atomic mass is 32.2. The fraction of sp³-hybridized carbons (Fsp3) is 0.167. The van der Waals surface area contributed by atoms with E-state index >= 15 is 0 Å². The SMILES string of the molecule is CCS(=O)(=O)c1ccc2ccccc2c1F. The maximum Gasteiger partial charge on any atom is 0.181 e. The zero-order valence-corrected chi connectivity index (χ0v) is 9.59. The standard InChI is InChI=1S/C12H11FO2S/c1-2-16(14,15)11-8-7-9-5-3-4-6-10(9)12(11)13/h3-8H,2H2,1H3. The van der Waals surface area contributed by atoms with Crippen LogP contribution in [0.1, 0.15) is 6.92 Å². The lowest BCUT2D eigenvalue weighted by Gasteiger charge is -2.05. The summed E-state index contributed by atoms with van der Waals surface area (Å²) in [6, 6.07) is 9.76. The molecule has 2 aromatic carbocycles. The van der Waals surface area contributed by atoms with Gasteiger partial charge in [-0.2, -0.15) is 0 Å². The molecule has 0 bridgehead atoms. The molecule has 16 heavy (non-hydrogen) atoms. The van der Waals surface area contributed by atoms with Crippen molar-refractivity contribution in [1.29, 1.82) is 0 Å². The molecule has 2 rings (SSSR count). The Labute approximate surface area is 93.6 Å². The Morgan fingerprint density at radius 1 is 1.12 bits per heavy atom. The Morgan fingerprint density at radius 2 is 1.81 bits per heavy atom. The van der Waals surface area contributed by atoms with Crippen molar-refractivity contribution in [3.63, 3.8) is 0 Å². The minimum absolute atomic E-state index is 0.0950. The van der Waals surface area contributed by atoms with Crippen molar-refractivity contribution in [2.45, 2.75) is 11.8 Å². The van der Waals surface area contributed by atoms with Crippen LogP contribution in [-0.2, 0) is 9.84 Å². The maximum absolute atomic E-state index is 14.0. The van der Waals surface area contributed by atoms with E-state index in [2.05, 4.69) is 0 Å². The lowest BCUT2D eigenvalue weighted by molar-refractivity contribution is 0.573. The zero-order chi connectivity index (χ0) is 11.8. The Bertz CT molecular complexity index is 633. The van der Waals surface area contributed by atoms with Gasteiger partial charge in [-0.15, -0.1) is 0 Å². The van der Waals surface area contributed by atoms with E-state index in [4.69, 9.17) is 0 Å². The van der Waals surface area contributed by atoms with E-state index in [1.807, 2.05) is 0 Å². The molecule has 0 aliphatic heterocycles. The van der Waals surface area contributed by atoms with Gasteiger partial charge in [-0.3, -0.25) is 0 Å². The van der Waals surface area contributed by atoms with E-state index in [0.29, 0.717) is 10.8 Å². The van der Waals surface area contributed by atoms with Gasteiger partial charge in [-0.1, -0.05) is 37.3 Å². The third-order valence-corrected chi connectivity index (χ3v) is 4.29. The minimum Gasteiger partial charge on any atom is -0.224 e. The lowest BCUT2D eigenvalue weighted by Crippen LogP contribution is -2.06. The maximum atomic E-state index is 14.0. The van der Waals surface area contributed by atoms with Crippen LogP contribution in [0.5, 0.6) is 0 Å². The largest absolute Gasteiger partial charge is 0.224 e. The highest BCUT2D eigenvalue weighted by Gasteiger charge is 2.18. The van der Waals surface area contributed by atoms with Crippen LogP contribution >= 0.6 is 0 Å². The first-order chi connectivity index (χ1) is 7.56. The van der Waals surface area contributed by atoms with Crippen LogP contribution in [0.4, 0.5) is 4.39 Å². The number of rotatable bonds is 2. The van der Waals surface area contributed by atoms with Gasteiger partial charge in [0, 0.05) is 5.39 Å². The summed E-state index contributed by atoms with van der Waals surface area (Å²) in [7, 11) is -3.50. The first-order valence-corrected chi connectivity index (χ1v) is 6.61. The Balaban J connectivity index is 2.80. The van der Waals surface area contributed by atoms with Crippen LogP contribution < -0.4 is 0 Å². The van der Waals surface area contributed by atoms with Gasteiger partial charge in [0.2, 0.25) is 0 Å². The number of hydrogen-bond acceptors (Lipinski definition) is 2. The van der Waals surface area contributed by atoms with Crippen molar-refractivity contribution < 1.29 is 12.8 Å². The van der Waals surface area contributed by atoms with Crippen molar-refractivity contribution in [1.82, 2.24) is 0 Å². The van der Waals surface area contributed by atoms with Crippen molar-refractivity contribution in [2.75, 3.05) is 5.75 Å². The van der Waals surface area contributed by atoms with Crippen LogP contribution in [0.2, 0.25) is 0 Å². The highest BCUT2D eigenvalue weighted by Crippen LogP contribution is 2.24. The predicted molar refractivity (Wildman–Crippen MR) is 61.6 cm³/mol. The quantitative estimate of drug-likeness (QED) is 0.806. The van der Waals surface area contributed by atoms with Gasteiger partial charge in [0.05, 0.1) is 5.75 Å². The number of halogens is 1. The molecule has 0 amide bonds. The molecule has 0 heterocycles. The smallest absolute Gasteiger partial charge is 0.181 e. The molecule has 0 N–H and O–H groups in total. The summed E-state index contributed by atoms with van der Waals surface area (Å²) in [6.45, 7) is 1.50. The van der Waals surface area contributed by atoms with E-state index < -0.39 is 15.7 Å². The number of benzene rings is 2. The van der Waals surface area contributed by atoms with E-state index in [9.17, 15) is 12.8 Å². The van der Waals surface area contributed by atoms with Gasteiger partial charge in [0.15, 0.2) is 9.84 Å². The second-order valence-corrected chi connectivity index (χ2v) is 5.75. The third-order valence-electron chi connectivity index (χ3n) is 2.54. The van der Waals surface area contributed by atoms with E-state index in [1.54, 1.807) is 30.3 Å². The van der Waals surface area contributed by atoms with E-state index in [1.165, 1.54) is 13.0 Å². The predicted octanol–water partition coefficient (Wildman–Crippen LogP) is 2.77. The summed E-state index contributed by atoms with van der Waals surface area (Å²) in [5.74, 6) is -0.748. The van der Waals surface area contributed by atoms with Crippen LogP contribution in [0.15, 0.2) is 41.3 Å². The first kappa shape index (κ1) is 11.1. The Hall–Kier alpha value is -1.42. The molecule has 2 aromatic rings. The van der Waals surface area contributed by atoms with Crippen LogP contribution in [-0.4, -0.2) is 14.2 Å². The minimum atomic E-state index is -3.50. The lowest BCUT2D eigenvalue weighted by atomic mass is 10.1. The summed E-state index contributed by atoms with van der Waals surface area (Å²) in [5.41, 5.74) is 0. The fourth-order valence-corrected chi connectivity index (χ4v) is 2.58. The molecule has 0 spiro atoms. The van der Waals surface area contributed by atoms with Gasteiger partial charge in [0.25, 0.3) is 0 Å². The molecule has 0 aliphatic rings. The monoisotopic (exact) mass is 238 g/mol. The van der Waals surface area contributed by atoms with Crippen molar-refractivity contribution in [3.8, 4) is 0 Å². The molecule has 0 aromatic heterocycles. The molecule has 2 nitrogen and oxygen atoms in total. The second kappa shape index (κ2) is 3.87. The number of fused-ring (bicyclic) bond motifs is 1.